The van der Waals surface area contributed by atoms with E-state index in [1.165, 1.54) is 57.1 Å². The molecule has 0 heterocycles. The Morgan fingerprint density at radius 3 is 2.00 bits per heavy atom. The summed E-state index contributed by atoms with van der Waals surface area (Å²) in [6, 6.07) is 4.40. The number of benzene rings is 1. The van der Waals surface area contributed by atoms with Crippen molar-refractivity contribution in [2.75, 3.05) is 0 Å². The fourth-order valence-corrected chi connectivity index (χ4v) is 4.05. The van der Waals surface area contributed by atoms with E-state index in [1.807, 2.05) is 0 Å². The van der Waals surface area contributed by atoms with Crippen molar-refractivity contribution in [2.24, 2.45) is 11.8 Å². The Hall–Kier alpha value is -1.18. The lowest BCUT2D eigenvalue weighted by atomic mass is 9.78. The van der Waals surface area contributed by atoms with Crippen LogP contribution in [0.3, 0.4) is 0 Å². The Kier molecular flexibility index (Phi) is 5.28. The number of allylic oxidation sites excluding steroid dienone is 2. The van der Waals surface area contributed by atoms with Crippen LogP contribution in [0.2, 0.25) is 0 Å². The van der Waals surface area contributed by atoms with Gasteiger partial charge >= 0.3 is 0 Å². The van der Waals surface area contributed by atoms with E-state index in [0.717, 1.165) is 24.3 Å². The first-order chi connectivity index (χ1) is 10.7. The highest BCUT2D eigenvalue weighted by molar-refractivity contribution is 5.22. The molecule has 0 aromatic heterocycles. The summed E-state index contributed by atoms with van der Waals surface area (Å²) in [4.78, 5) is 0. The quantitative estimate of drug-likeness (QED) is 0.569. The van der Waals surface area contributed by atoms with Crippen LogP contribution in [0.15, 0.2) is 30.4 Å². The van der Waals surface area contributed by atoms with Crippen molar-refractivity contribution in [1.29, 1.82) is 0 Å². The Morgan fingerprint density at radius 2 is 1.36 bits per heavy atom. The van der Waals surface area contributed by atoms with Gasteiger partial charge in [0, 0.05) is 0 Å². The highest BCUT2D eigenvalue weighted by Gasteiger charge is 2.22. The predicted molar refractivity (Wildman–Crippen MR) is 86.8 cm³/mol. The summed E-state index contributed by atoms with van der Waals surface area (Å²) in [5.74, 6) is 0.431. The first kappa shape index (κ1) is 15.7. The number of hydrogen-bond acceptors (Lipinski definition) is 0. The molecule has 120 valence electrons. The summed E-state index contributed by atoms with van der Waals surface area (Å²) in [5.41, 5.74) is 0.966. The van der Waals surface area contributed by atoms with E-state index in [9.17, 15) is 8.78 Å². The van der Waals surface area contributed by atoms with Gasteiger partial charge in [-0.05, 0) is 74.0 Å². The molecule has 2 saturated carbocycles. The zero-order chi connectivity index (χ0) is 15.4. The second-order valence-electron chi connectivity index (χ2n) is 7.07. The first-order valence-electron chi connectivity index (χ1n) is 8.85. The molecule has 0 amide bonds. The molecule has 1 aromatic rings. The van der Waals surface area contributed by atoms with E-state index in [4.69, 9.17) is 0 Å². The molecule has 0 radical (unpaired) electrons. The maximum Gasteiger partial charge on any atom is 0.159 e. The summed E-state index contributed by atoms with van der Waals surface area (Å²) >= 11 is 0. The minimum atomic E-state index is -0.743. The molecular formula is C20H26F2. The third-order valence-corrected chi connectivity index (χ3v) is 5.49. The van der Waals surface area contributed by atoms with Crippen molar-refractivity contribution in [3.05, 3.63) is 47.5 Å². The average molecular weight is 304 g/mol. The predicted octanol–water partition coefficient (Wildman–Crippen LogP) is 6.38. The maximum absolute atomic E-state index is 13.4. The summed E-state index contributed by atoms with van der Waals surface area (Å²) in [6.07, 6.45) is 16.3. The van der Waals surface area contributed by atoms with Crippen LogP contribution >= 0.6 is 0 Å². The molecule has 0 saturated heterocycles. The highest BCUT2D eigenvalue weighted by atomic mass is 19.2. The zero-order valence-corrected chi connectivity index (χ0v) is 13.2. The molecule has 2 aliphatic carbocycles. The van der Waals surface area contributed by atoms with Crippen LogP contribution in [0.5, 0.6) is 0 Å². The van der Waals surface area contributed by atoms with E-state index < -0.39 is 11.6 Å². The Labute approximate surface area is 132 Å². The van der Waals surface area contributed by atoms with E-state index in [-0.39, 0.29) is 0 Å². The molecule has 0 N–H and O–H groups in total. The molecule has 0 bridgehead atoms. The van der Waals surface area contributed by atoms with Crippen LogP contribution < -0.4 is 0 Å². The number of halogens is 2. The van der Waals surface area contributed by atoms with Crippen molar-refractivity contribution in [3.63, 3.8) is 0 Å². The van der Waals surface area contributed by atoms with Crippen LogP contribution in [-0.4, -0.2) is 0 Å². The van der Waals surface area contributed by atoms with Crippen molar-refractivity contribution in [2.45, 2.75) is 63.7 Å². The van der Waals surface area contributed by atoms with Crippen LogP contribution in [-0.2, 0) is 0 Å². The van der Waals surface area contributed by atoms with Gasteiger partial charge in [0.25, 0.3) is 0 Å². The Balaban J connectivity index is 1.51. The Bertz CT molecular complexity index is 506. The van der Waals surface area contributed by atoms with E-state index in [2.05, 4.69) is 12.2 Å². The van der Waals surface area contributed by atoms with Gasteiger partial charge in [0.05, 0.1) is 0 Å². The highest BCUT2D eigenvalue weighted by Crippen LogP contribution is 2.37. The summed E-state index contributed by atoms with van der Waals surface area (Å²) in [6.45, 7) is 0. The van der Waals surface area contributed by atoms with Crippen molar-refractivity contribution in [3.8, 4) is 0 Å². The minimum absolute atomic E-state index is 0.398. The fourth-order valence-electron chi connectivity index (χ4n) is 4.05. The molecule has 0 aliphatic heterocycles. The van der Waals surface area contributed by atoms with Crippen LogP contribution in [0.4, 0.5) is 8.78 Å². The summed E-state index contributed by atoms with van der Waals surface area (Å²) in [5, 5.41) is 0. The molecule has 0 nitrogen and oxygen atoms in total. The van der Waals surface area contributed by atoms with Crippen LogP contribution in [0.1, 0.15) is 69.3 Å². The molecule has 2 fully saturated rings. The molecule has 3 rings (SSSR count). The number of rotatable bonds is 3. The largest absolute Gasteiger partial charge is 0.204 e. The lowest BCUT2D eigenvalue weighted by molar-refractivity contribution is 0.369. The van der Waals surface area contributed by atoms with E-state index in [1.54, 1.807) is 6.07 Å². The van der Waals surface area contributed by atoms with E-state index in [0.29, 0.717) is 11.8 Å². The molecule has 1 aromatic carbocycles. The first-order valence-corrected chi connectivity index (χ1v) is 8.85. The molecular weight excluding hydrogens is 278 g/mol. The standard InChI is InChI=1S/C20H26F2/c21-19-13-12-18(14-20(19)22)17-10-8-16(9-11-17)7-6-15-4-2-1-3-5-15/h6-7,12-17H,1-5,8-11H2/b7-6+. The minimum Gasteiger partial charge on any atom is -0.204 e. The van der Waals surface area contributed by atoms with Gasteiger partial charge in [-0.15, -0.1) is 0 Å². The molecule has 2 aliphatic rings. The molecule has 0 unspecified atom stereocenters. The maximum atomic E-state index is 13.4. The Morgan fingerprint density at radius 1 is 0.727 bits per heavy atom. The van der Waals surface area contributed by atoms with Gasteiger partial charge in [0.2, 0.25) is 0 Å². The van der Waals surface area contributed by atoms with Gasteiger partial charge in [0.15, 0.2) is 11.6 Å². The SMILES string of the molecule is Fc1ccc(C2CCC(/C=C/C3CCCCC3)CC2)cc1F. The normalized spacial score (nSPS) is 27.4. The zero-order valence-electron chi connectivity index (χ0n) is 13.2. The molecule has 0 atom stereocenters. The van der Waals surface area contributed by atoms with Crippen LogP contribution in [0, 0.1) is 23.5 Å². The summed E-state index contributed by atoms with van der Waals surface area (Å²) in [7, 11) is 0. The lowest BCUT2D eigenvalue weighted by Gasteiger charge is -2.27. The smallest absolute Gasteiger partial charge is 0.159 e. The van der Waals surface area contributed by atoms with Crippen molar-refractivity contribution >= 4 is 0 Å². The van der Waals surface area contributed by atoms with Gasteiger partial charge in [0.1, 0.15) is 0 Å². The van der Waals surface area contributed by atoms with Gasteiger partial charge < -0.3 is 0 Å². The average Bonchev–Trinajstić information content (AvgIpc) is 2.57. The molecule has 0 spiro atoms. The molecule has 2 heteroatoms. The van der Waals surface area contributed by atoms with Gasteiger partial charge in [-0.3, -0.25) is 0 Å². The number of hydrogen-bond donors (Lipinski definition) is 0. The second-order valence-corrected chi connectivity index (χ2v) is 7.07. The third-order valence-electron chi connectivity index (χ3n) is 5.49. The van der Waals surface area contributed by atoms with Crippen molar-refractivity contribution < 1.29 is 8.78 Å². The topological polar surface area (TPSA) is 0 Å². The van der Waals surface area contributed by atoms with Crippen LogP contribution in [0.25, 0.3) is 0 Å². The van der Waals surface area contributed by atoms with Gasteiger partial charge in [-0.1, -0.05) is 37.5 Å². The van der Waals surface area contributed by atoms with Gasteiger partial charge in [-0.2, -0.15) is 0 Å². The van der Waals surface area contributed by atoms with Gasteiger partial charge in [-0.25, -0.2) is 8.78 Å². The second kappa shape index (κ2) is 7.39. The third kappa shape index (κ3) is 3.97. The van der Waals surface area contributed by atoms with E-state index >= 15 is 0 Å². The van der Waals surface area contributed by atoms with Crippen molar-refractivity contribution in [1.82, 2.24) is 0 Å². The fraction of sp³-hybridized carbons (Fsp3) is 0.600. The molecule has 22 heavy (non-hydrogen) atoms. The monoisotopic (exact) mass is 304 g/mol. The lowest BCUT2D eigenvalue weighted by Crippen LogP contribution is -2.12. The summed E-state index contributed by atoms with van der Waals surface area (Å²) < 4.78 is 26.4.